The van der Waals surface area contributed by atoms with E-state index in [0.29, 0.717) is 0 Å². The molecule has 0 radical (unpaired) electrons. The van der Waals surface area contributed by atoms with Gasteiger partial charge < -0.3 is 15.2 Å². The van der Waals surface area contributed by atoms with Gasteiger partial charge in [0, 0.05) is 0 Å². The summed E-state index contributed by atoms with van der Waals surface area (Å²) < 4.78 is 5.21. The van der Waals surface area contributed by atoms with Gasteiger partial charge in [0.25, 0.3) is 0 Å². The number of carbonyl (C=O) groups excluding carboxylic acids is 1. The first kappa shape index (κ1) is 18.5. The van der Waals surface area contributed by atoms with Gasteiger partial charge in [-0.15, -0.1) is 0 Å². The van der Waals surface area contributed by atoms with Gasteiger partial charge in [-0.25, -0.2) is 4.79 Å². The lowest BCUT2D eigenvalue weighted by Crippen LogP contribution is -2.42. The van der Waals surface area contributed by atoms with E-state index in [1.807, 2.05) is 43.3 Å². The first-order valence-electron chi connectivity index (χ1n) is 8.18. The normalized spacial score (nSPS) is 13.6. The van der Waals surface area contributed by atoms with Crippen LogP contribution >= 0.6 is 0 Å². The molecule has 0 saturated carbocycles. The SMILES string of the molecule is C/C=C/CC(NC(=O)C(C)c1ccc2cc(OC)ccc2c1)C(=O)O. The number of hydrogen-bond donors (Lipinski definition) is 2. The number of fused-ring (bicyclic) bond motifs is 1. The summed E-state index contributed by atoms with van der Waals surface area (Å²) >= 11 is 0. The lowest BCUT2D eigenvalue weighted by Gasteiger charge is -2.17. The van der Waals surface area contributed by atoms with Crippen molar-refractivity contribution in [3.8, 4) is 5.75 Å². The number of nitrogens with one attached hydrogen (secondary N) is 1. The molecule has 0 spiro atoms. The van der Waals surface area contributed by atoms with Crippen LogP contribution in [-0.2, 0) is 9.59 Å². The number of hydrogen-bond acceptors (Lipinski definition) is 3. The van der Waals surface area contributed by atoms with Gasteiger partial charge in [-0.05, 0) is 48.7 Å². The van der Waals surface area contributed by atoms with Crippen LogP contribution in [-0.4, -0.2) is 30.1 Å². The van der Waals surface area contributed by atoms with Crippen molar-refractivity contribution in [1.29, 1.82) is 0 Å². The summed E-state index contributed by atoms with van der Waals surface area (Å²) in [5.41, 5.74) is 0.838. The van der Waals surface area contributed by atoms with Crippen molar-refractivity contribution < 1.29 is 19.4 Å². The molecule has 0 fully saturated rings. The maximum atomic E-state index is 12.4. The van der Waals surface area contributed by atoms with Crippen molar-refractivity contribution >= 4 is 22.6 Å². The predicted molar refractivity (Wildman–Crippen MR) is 97.9 cm³/mol. The van der Waals surface area contributed by atoms with Gasteiger partial charge in [0.15, 0.2) is 0 Å². The molecular formula is C20H23NO4. The highest BCUT2D eigenvalue weighted by Crippen LogP contribution is 2.25. The van der Waals surface area contributed by atoms with E-state index >= 15 is 0 Å². The van der Waals surface area contributed by atoms with Gasteiger partial charge in [-0.3, -0.25) is 4.79 Å². The maximum absolute atomic E-state index is 12.4. The average Bonchev–Trinajstić information content (AvgIpc) is 2.63. The Bertz CT molecular complexity index is 797. The first-order valence-corrected chi connectivity index (χ1v) is 8.18. The van der Waals surface area contributed by atoms with Crippen LogP contribution in [0.4, 0.5) is 0 Å². The van der Waals surface area contributed by atoms with E-state index in [9.17, 15) is 14.7 Å². The van der Waals surface area contributed by atoms with Gasteiger partial charge in [-0.1, -0.05) is 36.4 Å². The fraction of sp³-hybridized carbons (Fsp3) is 0.300. The molecule has 132 valence electrons. The summed E-state index contributed by atoms with van der Waals surface area (Å²) in [5.74, 6) is -1.01. The molecule has 5 heteroatoms. The number of ether oxygens (including phenoxy) is 1. The molecule has 2 atom stereocenters. The lowest BCUT2D eigenvalue weighted by atomic mass is 9.96. The fourth-order valence-electron chi connectivity index (χ4n) is 2.58. The molecule has 0 saturated heterocycles. The molecule has 0 bridgehead atoms. The predicted octanol–water partition coefficient (Wildman–Crippen LogP) is 3.49. The van der Waals surface area contributed by atoms with E-state index in [4.69, 9.17) is 4.74 Å². The number of carbonyl (C=O) groups is 2. The number of amides is 1. The van der Waals surface area contributed by atoms with E-state index in [0.717, 1.165) is 22.1 Å². The number of carboxylic acid groups (broad SMARTS) is 1. The number of allylic oxidation sites excluding steroid dienone is 1. The molecule has 0 aliphatic rings. The molecular weight excluding hydrogens is 318 g/mol. The Morgan fingerprint density at radius 1 is 1.20 bits per heavy atom. The molecule has 2 rings (SSSR count). The van der Waals surface area contributed by atoms with Crippen LogP contribution in [0.2, 0.25) is 0 Å². The minimum atomic E-state index is -1.04. The molecule has 0 aliphatic carbocycles. The minimum Gasteiger partial charge on any atom is -0.497 e. The average molecular weight is 341 g/mol. The highest BCUT2D eigenvalue weighted by atomic mass is 16.5. The molecule has 0 aliphatic heterocycles. The molecule has 0 heterocycles. The van der Waals surface area contributed by atoms with Crippen molar-refractivity contribution in [1.82, 2.24) is 5.32 Å². The monoisotopic (exact) mass is 341 g/mol. The van der Waals surface area contributed by atoms with Crippen molar-refractivity contribution in [2.24, 2.45) is 0 Å². The summed E-state index contributed by atoms with van der Waals surface area (Å²) in [4.78, 5) is 23.7. The van der Waals surface area contributed by atoms with Crippen molar-refractivity contribution in [2.45, 2.75) is 32.2 Å². The zero-order valence-electron chi connectivity index (χ0n) is 14.7. The van der Waals surface area contributed by atoms with Crippen LogP contribution in [0.25, 0.3) is 10.8 Å². The highest BCUT2D eigenvalue weighted by molar-refractivity contribution is 5.90. The smallest absolute Gasteiger partial charge is 0.326 e. The van der Waals surface area contributed by atoms with Crippen molar-refractivity contribution in [3.05, 3.63) is 54.1 Å². The number of methoxy groups -OCH3 is 1. The molecule has 2 unspecified atom stereocenters. The van der Waals surface area contributed by atoms with Crippen molar-refractivity contribution in [3.63, 3.8) is 0 Å². The van der Waals surface area contributed by atoms with Crippen molar-refractivity contribution in [2.75, 3.05) is 7.11 Å². The van der Waals surface area contributed by atoms with Gasteiger partial charge in [0.05, 0.1) is 13.0 Å². The number of benzene rings is 2. The Balaban J connectivity index is 2.18. The number of aliphatic carboxylic acids is 1. The quantitative estimate of drug-likeness (QED) is 0.756. The third-order valence-corrected chi connectivity index (χ3v) is 4.19. The molecule has 2 aromatic carbocycles. The fourth-order valence-corrected chi connectivity index (χ4v) is 2.58. The second kappa shape index (κ2) is 8.33. The Morgan fingerprint density at radius 3 is 2.52 bits per heavy atom. The number of rotatable bonds is 7. The molecule has 0 aromatic heterocycles. The van der Waals surface area contributed by atoms with Gasteiger partial charge >= 0.3 is 5.97 Å². The van der Waals surface area contributed by atoms with Gasteiger partial charge in [-0.2, -0.15) is 0 Å². The molecule has 2 N–H and O–H groups in total. The Morgan fingerprint density at radius 2 is 1.88 bits per heavy atom. The van der Waals surface area contributed by atoms with E-state index in [1.54, 1.807) is 26.2 Å². The van der Waals surface area contributed by atoms with Crippen LogP contribution < -0.4 is 10.1 Å². The van der Waals surface area contributed by atoms with Crippen LogP contribution in [0.1, 0.15) is 31.7 Å². The molecule has 5 nitrogen and oxygen atoms in total. The summed E-state index contributed by atoms with van der Waals surface area (Å²) in [7, 11) is 1.62. The van der Waals surface area contributed by atoms with Crippen LogP contribution in [0.3, 0.4) is 0 Å². The van der Waals surface area contributed by atoms with Gasteiger partial charge in [0.2, 0.25) is 5.91 Å². The maximum Gasteiger partial charge on any atom is 0.326 e. The first-order chi connectivity index (χ1) is 12.0. The third-order valence-electron chi connectivity index (χ3n) is 4.19. The zero-order chi connectivity index (χ0) is 18.4. The summed E-state index contributed by atoms with van der Waals surface area (Å²) in [6, 6.07) is 10.6. The highest BCUT2D eigenvalue weighted by Gasteiger charge is 2.23. The third kappa shape index (κ3) is 4.59. The molecule has 1 amide bonds. The Hall–Kier alpha value is -2.82. The summed E-state index contributed by atoms with van der Waals surface area (Å²) in [6.07, 6.45) is 3.76. The Kier molecular flexibility index (Phi) is 6.17. The Labute approximate surface area is 147 Å². The topological polar surface area (TPSA) is 75.6 Å². The second-order valence-electron chi connectivity index (χ2n) is 5.90. The van der Waals surface area contributed by atoms with E-state index < -0.39 is 17.9 Å². The lowest BCUT2D eigenvalue weighted by molar-refractivity contribution is -0.141. The molecule has 2 aromatic rings. The minimum absolute atomic E-state index is 0.266. The largest absolute Gasteiger partial charge is 0.497 e. The van der Waals surface area contributed by atoms with E-state index in [2.05, 4.69) is 5.32 Å². The standard InChI is InChI=1S/C20H23NO4/c1-4-5-6-18(20(23)24)21-19(22)13(2)14-7-8-16-12-17(25-3)10-9-15(16)11-14/h4-5,7-13,18H,6H2,1-3H3,(H,21,22)(H,23,24)/b5-4+. The number of carboxylic acids is 1. The summed E-state index contributed by atoms with van der Waals surface area (Å²) in [6.45, 7) is 3.59. The van der Waals surface area contributed by atoms with E-state index in [1.165, 1.54) is 0 Å². The van der Waals surface area contributed by atoms with Crippen LogP contribution in [0, 0.1) is 0 Å². The van der Waals surface area contributed by atoms with E-state index in [-0.39, 0.29) is 12.3 Å². The molecule has 25 heavy (non-hydrogen) atoms. The van der Waals surface area contributed by atoms with Crippen LogP contribution in [0.5, 0.6) is 5.75 Å². The zero-order valence-corrected chi connectivity index (χ0v) is 14.7. The van der Waals surface area contributed by atoms with Gasteiger partial charge in [0.1, 0.15) is 11.8 Å². The van der Waals surface area contributed by atoms with Crippen LogP contribution in [0.15, 0.2) is 48.6 Å². The second-order valence-corrected chi connectivity index (χ2v) is 5.90. The summed E-state index contributed by atoms with van der Waals surface area (Å²) in [5, 5.41) is 13.9.